The van der Waals surface area contributed by atoms with Gasteiger partial charge in [0.1, 0.15) is 6.42 Å². The fraction of sp³-hybridized carbons (Fsp3) is 0.308. The Hall–Kier alpha value is -2.37. The van der Waals surface area contributed by atoms with Crippen LogP contribution in [0, 0.1) is 0 Å². The number of amides is 2. The first-order valence-electron chi connectivity index (χ1n) is 5.84. The fourth-order valence-corrected chi connectivity index (χ4v) is 1.46. The van der Waals surface area contributed by atoms with E-state index in [0.717, 1.165) is 5.56 Å². The van der Waals surface area contributed by atoms with Gasteiger partial charge in [-0.3, -0.25) is 14.4 Å². The minimum atomic E-state index is -0.564. The van der Waals surface area contributed by atoms with Crippen LogP contribution in [0.3, 0.4) is 0 Å². The molecule has 1 aromatic rings. The van der Waals surface area contributed by atoms with E-state index in [1.165, 1.54) is 0 Å². The Labute approximate surface area is 110 Å². The molecule has 0 aliphatic rings. The number of rotatable bonds is 6. The van der Waals surface area contributed by atoms with E-state index in [4.69, 9.17) is 5.73 Å². The van der Waals surface area contributed by atoms with Crippen molar-refractivity contribution in [1.82, 2.24) is 0 Å². The number of primary amides is 1. The zero-order chi connectivity index (χ0) is 14.3. The van der Waals surface area contributed by atoms with Gasteiger partial charge in [-0.05, 0) is 24.6 Å². The van der Waals surface area contributed by atoms with Gasteiger partial charge in [0, 0.05) is 5.69 Å². The molecule has 3 N–H and O–H groups in total. The summed E-state index contributed by atoms with van der Waals surface area (Å²) in [7, 11) is 0. The van der Waals surface area contributed by atoms with Crippen molar-refractivity contribution in [3.05, 3.63) is 29.8 Å². The standard InChI is InChI=1S/C13H16N2O4/c1-2-19-13(18)8-12(17)15-10-5-3-9(4-6-10)7-11(14)16/h3-6H,2,7-8H2,1H3,(H2,14,16)(H,15,17). The van der Waals surface area contributed by atoms with Crippen LogP contribution in [-0.2, 0) is 25.5 Å². The molecule has 102 valence electrons. The predicted molar refractivity (Wildman–Crippen MR) is 69.2 cm³/mol. The van der Waals surface area contributed by atoms with E-state index in [1.54, 1.807) is 31.2 Å². The summed E-state index contributed by atoms with van der Waals surface area (Å²) in [5.74, 6) is -1.43. The van der Waals surface area contributed by atoms with Crippen molar-refractivity contribution in [3.8, 4) is 0 Å². The SMILES string of the molecule is CCOC(=O)CC(=O)Nc1ccc(CC(N)=O)cc1. The Morgan fingerprint density at radius 3 is 2.37 bits per heavy atom. The average Bonchev–Trinajstić information content (AvgIpc) is 2.31. The van der Waals surface area contributed by atoms with Gasteiger partial charge < -0.3 is 15.8 Å². The molecule has 1 rings (SSSR count). The lowest BCUT2D eigenvalue weighted by molar-refractivity contribution is -0.145. The summed E-state index contributed by atoms with van der Waals surface area (Å²) < 4.78 is 4.66. The minimum Gasteiger partial charge on any atom is -0.466 e. The summed E-state index contributed by atoms with van der Waals surface area (Å²) in [6.07, 6.45) is -0.173. The number of anilines is 1. The first kappa shape index (κ1) is 14.7. The zero-order valence-corrected chi connectivity index (χ0v) is 10.6. The van der Waals surface area contributed by atoms with Crippen LogP contribution in [0.15, 0.2) is 24.3 Å². The Balaban J connectivity index is 2.51. The lowest BCUT2D eigenvalue weighted by Crippen LogP contribution is -2.18. The van der Waals surface area contributed by atoms with Crippen molar-refractivity contribution in [1.29, 1.82) is 0 Å². The highest BCUT2D eigenvalue weighted by Crippen LogP contribution is 2.10. The van der Waals surface area contributed by atoms with Gasteiger partial charge in [-0.25, -0.2) is 0 Å². The zero-order valence-electron chi connectivity index (χ0n) is 10.6. The minimum absolute atomic E-state index is 0.150. The van der Waals surface area contributed by atoms with E-state index in [9.17, 15) is 14.4 Å². The van der Waals surface area contributed by atoms with E-state index < -0.39 is 17.8 Å². The topological polar surface area (TPSA) is 98.5 Å². The summed E-state index contributed by atoms with van der Waals surface area (Å²) in [5.41, 5.74) is 6.37. The highest BCUT2D eigenvalue weighted by Gasteiger charge is 2.10. The van der Waals surface area contributed by atoms with Gasteiger partial charge in [-0.15, -0.1) is 0 Å². The highest BCUT2D eigenvalue weighted by atomic mass is 16.5. The maximum atomic E-state index is 11.5. The van der Waals surface area contributed by atoms with E-state index in [2.05, 4.69) is 10.1 Å². The molecule has 19 heavy (non-hydrogen) atoms. The van der Waals surface area contributed by atoms with Crippen LogP contribution in [0.5, 0.6) is 0 Å². The van der Waals surface area contributed by atoms with Crippen LogP contribution in [0.1, 0.15) is 18.9 Å². The van der Waals surface area contributed by atoms with E-state index in [1.807, 2.05) is 0 Å². The van der Waals surface area contributed by atoms with Gasteiger partial charge in [0.25, 0.3) is 0 Å². The number of hydrogen-bond donors (Lipinski definition) is 2. The van der Waals surface area contributed by atoms with E-state index in [-0.39, 0.29) is 19.4 Å². The fourth-order valence-electron chi connectivity index (χ4n) is 1.46. The summed E-state index contributed by atoms with van der Waals surface area (Å²) in [5, 5.41) is 2.56. The summed E-state index contributed by atoms with van der Waals surface area (Å²) in [4.78, 5) is 33.3. The molecule has 0 fully saturated rings. The molecule has 2 amide bonds. The maximum absolute atomic E-state index is 11.5. The van der Waals surface area contributed by atoms with Crippen molar-refractivity contribution >= 4 is 23.5 Å². The second kappa shape index (κ2) is 7.15. The molecule has 6 nitrogen and oxygen atoms in total. The molecule has 0 heterocycles. The molecule has 0 atom stereocenters. The average molecular weight is 264 g/mol. The quantitative estimate of drug-likeness (QED) is 0.580. The van der Waals surface area contributed by atoms with Crippen LogP contribution >= 0.6 is 0 Å². The molecule has 0 aliphatic heterocycles. The molecular formula is C13H16N2O4. The Morgan fingerprint density at radius 2 is 1.84 bits per heavy atom. The molecular weight excluding hydrogens is 248 g/mol. The monoisotopic (exact) mass is 264 g/mol. The molecule has 1 aromatic carbocycles. The molecule has 0 radical (unpaired) electrons. The van der Waals surface area contributed by atoms with Gasteiger partial charge in [0.15, 0.2) is 0 Å². The normalized spacial score (nSPS) is 9.74. The summed E-state index contributed by atoms with van der Waals surface area (Å²) >= 11 is 0. The number of nitrogens with two attached hydrogens (primary N) is 1. The van der Waals surface area contributed by atoms with Crippen molar-refractivity contribution in [2.75, 3.05) is 11.9 Å². The van der Waals surface area contributed by atoms with E-state index in [0.29, 0.717) is 5.69 Å². The second-order valence-electron chi connectivity index (χ2n) is 3.87. The second-order valence-corrected chi connectivity index (χ2v) is 3.87. The third kappa shape index (κ3) is 5.67. The molecule has 0 unspecified atom stereocenters. The maximum Gasteiger partial charge on any atom is 0.315 e. The molecule has 0 saturated carbocycles. The lowest BCUT2D eigenvalue weighted by atomic mass is 10.1. The smallest absolute Gasteiger partial charge is 0.315 e. The van der Waals surface area contributed by atoms with E-state index >= 15 is 0 Å². The molecule has 0 spiro atoms. The number of ether oxygens (including phenoxy) is 1. The van der Waals surface area contributed by atoms with Crippen LogP contribution in [-0.4, -0.2) is 24.4 Å². The highest BCUT2D eigenvalue weighted by molar-refractivity contribution is 6.01. The van der Waals surface area contributed by atoms with Crippen LogP contribution in [0.4, 0.5) is 5.69 Å². The lowest BCUT2D eigenvalue weighted by Gasteiger charge is -2.06. The van der Waals surface area contributed by atoms with Crippen molar-refractivity contribution in [3.63, 3.8) is 0 Å². The predicted octanol–water partition coefficient (Wildman–Crippen LogP) is 0.606. The molecule has 0 aliphatic carbocycles. The largest absolute Gasteiger partial charge is 0.466 e. The number of carbonyl (C=O) groups excluding carboxylic acids is 3. The van der Waals surface area contributed by atoms with Gasteiger partial charge in [-0.1, -0.05) is 12.1 Å². The molecule has 0 aromatic heterocycles. The Bertz CT molecular complexity index is 468. The van der Waals surface area contributed by atoms with Crippen LogP contribution in [0.25, 0.3) is 0 Å². The first-order chi connectivity index (χ1) is 9.01. The number of carbonyl (C=O) groups is 3. The van der Waals surface area contributed by atoms with Gasteiger partial charge >= 0.3 is 5.97 Å². The first-order valence-corrected chi connectivity index (χ1v) is 5.84. The third-order valence-electron chi connectivity index (χ3n) is 2.23. The van der Waals surface area contributed by atoms with Crippen molar-refractivity contribution in [2.24, 2.45) is 5.73 Å². The number of esters is 1. The number of nitrogens with one attached hydrogen (secondary N) is 1. The summed E-state index contributed by atoms with van der Waals surface area (Å²) in [6, 6.07) is 6.65. The molecule has 0 bridgehead atoms. The third-order valence-corrected chi connectivity index (χ3v) is 2.23. The van der Waals surface area contributed by atoms with Crippen molar-refractivity contribution < 1.29 is 19.1 Å². The summed E-state index contributed by atoms with van der Waals surface area (Å²) in [6.45, 7) is 1.92. The van der Waals surface area contributed by atoms with Crippen molar-refractivity contribution in [2.45, 2.75) is 19.8 Å². The van der Waals surface area contributed by atoms with Gasteiger partial charge in [0.05, 0.1) is 13.0 Å². The van der Waals surface area contributed by atoms with Gasteiger partial charge in [-0.2, -0.15) is 0 Å². The Kier molecular flexibility index (Phi) is 5.53. The number of hydrogen-bond acceptors (Lipinski definition) is 4. The van der Waals surface area contributed by atoms with Crippen LogP contribution in [0.2, 0.25) is 0 Å². The number of benzene rings is 1. The van der Waals surface area contributed by atoms with Crippen LogP contribution < -0.4 is 11.1 Å². The van der Waals surface area contributed by atoms with Gasteiger partial charge in [0.2, 0.25) is 11.8 Å². The molecule has 6 heteroatoms. The Morgan fingerprint density at radius 1 is 1.21 bits per heavy atom. The molecule has 0 saturated heterocycles.